The standard InChI is InChI=1S/C27H33N5O3S/c1-18(2)21-15-20(7-8-23(21)33)28-26(35)19-9-10-30(16-19)17-25(34)31-11-13-32(14-12-31)27-29-22-5-3-4-6-24(22)36-27/h3-8,15,18-19,33H,9-14,16-17H2,1-2H3,(H,28,35)/t19-/m1/s1. The molecule has 5 rings (SSSR count). The molecule has 0 aliphatic carbocycles. The van der Waals surface area contributed by atoms with Crippen LogP contribution >= 0.6 is 11.3 Å². The third-order valence-corrected chi connectivity index (χ3v) is 8.20. The Labute approximate surface area is 215 Å². The molecule has 3 heterocycles. The van der Waals surface area contributed by atoms with Crippen LogP contribution in [-0.4, -0.2) is 77.5 Å². The fraction of sp³-hybridized carbons (Fsp3) is 0.444. The fourth-order valence-electron chi connectivity index (χ4n) is 4.96. The van der Waals surface area contributed by atoms with Gasteiger partial charge < -0.3 is 20.2 Å². The van der Waals surface area contributed by atoms with Gasteiger partial charge in [0, 0.05) is 38.4 Å². The molecule has 9 heteroatoms. The second kappa shape index (κ2) is 10.4. The van der Waals surface area contributed by atoms with Crippen LogP contribution in [0.4, 0.5) is 10.8 Å². The van der Waals surface area contributed by atoms with Crippen molar-refractivity contribution >= 4 is 44.2 Å². The minimum atomic E-state index is -0.148. The number of aromatic nitrogens is 1. The Hall–Kier alpha value is -3.17. The molecule has 2 amide bonds. The number of fused-ring (bicyclic) bond motifs is 1. The van der Waals surface area contributed by atoms with E-state index in [9.17, 15) is 14.7 Å². The first-order chi connectivity index (χ1) is 17.4. The maximum atomic E-state index is 13.0. The quantitative estimate of drug-likeness (QED) is 0.494. The van der Waals surface area contributed by atoms with Crippen LogP contribution in [0.5, 0.6) is 5.75 Å². The Kier molecular flexibility index (Phi) is 7.11. The van der Waals surface area contributed by atoms with Crippen LogP contribution in [0.15, 0.2) is 42.5 Å². The van der Waals surface area contributed by atoms with Crippen molar-refractivity contribution in [1.82, 2.24) is 14.8 Å². The van der Waals surface area contributed by atoms with E-state index in [0.717, 1.165) is 42.3 Å². The number of aromatic hydroxyl groups is 1. The zero-order valence-electron chi connectivity index (χ0n) is 20.8. The van der Waals surface area contributed by atoms with Crippen LogP contribution in [-0.2, 0) is 9.59 Å². The molecule has 2 aromatic carbocycles. The summed E-state index contributed by atoms with van der Waals surface area (Å²) in [6, 6.07) is 13.3. The predicted molar refractivity (Wildman–Crippen MR) is 144 cm³/mol. The van der Waals surface area contributed by atoms with Gasteiger partial charge >= 0.3 is 0 Å². The van der Waals surface area contributed by atoms with Gasteiger partial charge in [-0.25, -0.2) is 4.98 Å². The molecule has 2 N–H and O–H groups in total. The van der Waals surface area contributed by atoms with Gasteiger partial charge in [0.05, 0.1) is 22.7 Å². The molecule has 36 heavy (non-hydrogen) atoms. The molecule has 3 aromatic rings. The molecule has 190 valence electrons. The number of hydrogen-bond acceptors (Lipinski definition) is 7. The number of rotatable bonds is 6. The van der Waals surface area contributed by atoms with E-state index in [1.165, 1.54) is 4.70 Å². The third-order valence-electron chi connectivity index (χ3n) is 7.10. The summed E-state index contributed by atoms with van der Waals surface area (Å²) < 4.78 is 1.18. The van der Waals surface area contributed by atoms with E-state index in [4.69, 9.17) is 4.98 Å². The number of para-hydroxylation sites is 1. The Morgan fingerprint density at radius 2 is 1.89 bits per heavy atom. The van der Waals surface area contributed by atoms with Crippen LogP contribution in [0.3, 0.4) is 0 Å². The van der Waals surface area contributed by atoms with Crippen molar-refractivity contribution in [3.05, 3.63) is 48.0 Å². The predicted octanol–water partition coefficient (Wildman–Crippen LogP) is 3.73. The molecule has 1 atom stereocenters. The monoisotopic (exact) mass is 507 g/mol. The van der Waals surface area contributed by atoms with Gasteiger partial charge in [0.15, 0.2) is 5.13 Å². The van der Waals surface area contributed by atoms with E-state index in [-0.39, 0.29) is 29.4 Å². The molecule has 0 bridgehead atoms. The number of thiazole rings is 1. The Bertz CT molecular complexity index is 1220. The van der Waals surface area contributed by atoms with Crippen LogP contribution < -0.4 is 10.2 Å². The average molecular weight is 508 g/mol. The second-order valence-electron chi connectivity index (χ2n) is 9.97. The van der Waals surface area contributed by atoms with E-state index < -0.39 is 0 Å². The number of phenols is 1. The van der Waals surface area contributed by atoms with Gasteiger partial charge in [-0.3, -0.25) is 14.5 Å². The number of nitrogens with one attached hydrogen (secondary N) is 1. The number of amides is 2. The highest BCUT2D eigenvalue weighted by Crippen LogP contribution is 2.30. The number of carbonyl (C=O) groups is 2. The summed E-state index contributed by atoms with van der Waals surface area (Å²) in [6.07, 6.45) is 0.736. The van der Waals surface area contributed by atoms with Gasteiger partial charge in [0.2, 0.25) is 11.8 Å². The number of piperazine rings is 1. The van der Waals surface area contributed by atoms with Crippen molar-refractivity contribution in [3.63, 3.8) is 0 Å². The van der Waals surface area contributed by atoms with Crippen molar-refractivity contribution in [3.8, 4) is 5.75 Å². The molecule has 2 aliphatic heterocycles. The minimum Gasteiger partial charge on any atom is -0.508 e. The number of anilines is 2. The van der Waals surface area contributed by atoms with Crippen LogP contribution in [0.1, 0.15) is 31.7 Å². The van der Waals surface area contributed by atoms with E-state index in [1.54, 1.807) is 23.5 Å². The highest BCUT2D eigenvalue weighted by Gasteiger charge is 2.31. The van der Waals surface area contributed by atoms with Gasteiger partial charge in [-0.2, -0.15) is 0 Å². The molecule has 2 aliphatic rings. The van der Waals surface area contributed by atoms with Crippen LogP contribution in [0.25, 0.3) is 10.2 Å². The molecule has 2 saturated heterocycles. The number of benzene rings is 2. The normalized spacial score (nSPS) is 18.8. The van der Waals surface area contributed by atoms with Crippen molar-refractivity contribution in [1.29, 1.82) is 0 Å². The minimum absolute atomic E-state index is 0.0326. The SMILES string of the molecule is CC(C)c1cc(NC(=O)[C@@H]2CCN(CC(=O)N3CCN(c4nc5ccccc5s4)CC3)C2)ccc1O. The van der Waals surface area contributed by atoms with Gasteiger partial charge in [0.1, 0.15) is 5.75 Å². The summed E-state index contributed by atoms with van der Waals surface area (Å²) in [4.78, 5) is 36.8. The molecule has 2 fully saturated rings. The summed E-state index contributed by atoms with van der Waals surface area (Å²) in [5.41, 5.74) is 2.53. The van der Waals surface area contributed by atoms with Gasteiger partial charge in [-0.15, -0.1) is 0 Å². The van der Waals surface area contributed by atoms with E-state index in [1.807, 2.05) is 43.0 Å². The molecule has 0 radical (unpaired) electrons. The number of likely N-dealkylation sites (tertiary alicyclic amines) is 1. The molecule has 8 nitrogen and oxygen atoms in total. The highest BCUT2D eigenvalue weighted by molar-refractivity contribution is 7.22. The largest absolute Gasteiger partial charge is 0.508 e. The van der Waals surface area contributed by atoms with Gasteiger partial charge in [-0.1, -0.05) is 37.3 Å². The third kappa shape index (κ3) is 5.32. The zero-order chi connectivity index (χ0) is 25.2. The van der Waals surface area contributed by atoms with Gasteiger partial charge in [0.25, 0.3) is 0 Å². The lowest BCUT2D eigenvalue weighted by Gasteiger charge is -2.35. The molecule has 0 unspecified atom stereocenters. The second-order valence-corrected chi connectivity index (χ2v) is 11.0. The van der Waals surface area contributed by atoms with E-state index >= 15 is 0 Å². The van der Waals surface area contributed by atoms with Crippen molar-refractivity contribution in [2.75, 3.05) is 56.0 Å². The van der Waals surface area contributed by atoms with Crippen molar-refractivity contribution < 1.29 is 14.7 Å². The summed E-state index contributed by atoms with van der Waals surface area (Å²) in [7, 11) is 0. The lowest BCUT2D eigenvalue weighted by Crippen LogP contribution is -2.51. The van der Waals surface area contributed by atoms with E-state index in [2.05, 4.69) is 21.2 Å². The highest BCUT2D eigenvalue weighted by atomic mass is 32.1. The summed E-state index contributed by atoms with van der Waals surface area (Å²) in [6.45, 7) is 8.61. The molecule has 0 saturated carbocycles. The Morgan fingerprint density at radius 3 is 2.64 bits per heavy atom. The number of nitrogens with zero attached hydrogens (tertiary/aromatic N) is 4. The first-order valence-corrected chi connectivity index (χ1v) is 13.4. The molecular weight excluding hydrogens is 474 g/mol. The molecular formula is C27H33N5O3S. The first kappa shape index (κ1) is 24.5. The Balaban J connectivity index is 1.09. The average Bonchev–Trinajstić information content (AvgIpc) is 3.52. The summed E-state index contributed by atoms with van der Waals surface area (Å²) >= 11 is 1.70. The molecule has 0 spiro atoms. The van der Waals surface area contributed by atoms with Crippen molar-refractivity contribution in [2.24, 2.45) is 5.92 Å². The lowest BCUT2D eigenvalue weighted by atomic mass is 10.0. The van der Waals surface area contributed by atoms with Crippen LogP contribution in [0.2, 0.25) is 0 Å². The first-order valence-electron chi connectivity index (χ1n) is 12.6. The summed E-state index contributed by atoms with van der Waals surface area (Å²) in [5, 5.41) is 14.0. The zero-order valence-corrected chi connectivity index (χ0v) is 21.6. The fourth-order valence-corrected chi connectivity index (χ4v) is 5.98. The van der Waals surface area contributed by atoms with Gasteiger partial charge in [-0.05, 0) is 54.8 Å². The topological polar surface area (TPSA) is 89.0 Å². The number of carbonyl (C=O) groups excluding carboxylic acids is 2. The number of hydrogen-bond donors (Lipinski definition) is 2. The van der Waals surface area contributed by atoms with Crippen LogP contribution in [0, 0.1) is 5.92 Å². The summed E-state index contributed by atoms with van der Waals surface area (Å²) in [5.74, 6) is 0.354. The smallest absolute Gasteiger partial charge is 0.236 e. The number of phenolic OH excluding ortho intramolecular Hbond substituents is 1. The van der Waals surface area contributed by atoms with E-state index in [0.29, 0.717) is 31.9 Å². The Morgan fingerprint density at radius 1 is 1.11 bits per heavy atom. The molecule has 1 aromatic heterocycles. The lowest BCUT2D eigenvalue weighted by molar-refractivity contribution is -0.132. The maximum Gasteiger partial charge on any atom is 0.236 e. The maximum absolute atomic E-state index is 13.0. The van der Waals surface area contributed by atoms with Crippen molar-refractivity contribution in [2.45, 2.75) is 26.2 Å².